The van der Waals surface area contributed by atoms with E-state index in [1.807, 2.05) is 0 Å². The normalized spacial score (nSPS) is 19.6. The highest BCUT2D eigenvalue weighted by Crippen LogP contribution is 2.23. The minimum Gasteiger partial charge on any atom is -0.382 e. The highest BCUT2D eigenvalue weighted by atomic mass is 35.5. The van der Waals surface area contributed by atoms with Crippen LogP contribution in [0.3, 0.4) is 0 Å². The van der Waals surface area contributed by atoms with Crippen molar-refractivity contribution in [1.82, 2.24) is 15.3 Å². The van der Waals surface area contributed by atoms with Gasteiger partial charge in [-0.2, -0.15) is 0 Å². The first-order valence-electron chi connectivity index (χ1n) is 4.96. The SMILES string of the molecule is Nc1ncnc(NCC2CCC(=O)N2)c1Cl. The lowest BCUT2D eigenvalue weighted by atomic mass is 10.2. The van der Waals surface area contributed by atoms with E-state index in [0.29, 0.717) is 23.8 Å². The van der Waals surface area contributed by atoms with Crippen LogP contribution in [0.4, 0.5) is 11.6 Å². The highest BCUT2D eigenvalue weighted by molar-refractivity contribution is 6.35. The monoisotopic (exact) mass is 241 g/mol. The van der Waals surface area contributed by atoms with Gasteiger partial charge in [-0.3, -0.25) is 4.79 Å². The summed E-state index contributed by atoms with van der Waals surface area (Å²) >= 11 is 5.91. The molecule has 0 radical (unpaired) electrons. The predicted molar refractivity (Wildman–Crippen MR) is 61.1 cm³/mol. The molecule has 1 fully saturated rings. The molecule has 1 atom stereocenters. The van der Waals surface area contributed by atoms with Crippen molar-refractivity contribution < 1.29 is 4.79 Å². The molecule has 0 spiro atoms. The van der Waals surface area contributed by atoms with E-state index in [0.717, 1.165) is 6.42 Å². The van der Waals surface area contributed by atoms with Crippen LogP contribution in [0, 0.1) is 0 Å². The number of nitrogen functional groups attached to an aromatic ring is 1. The van der Waals surface area contributed by atoms with Crippen LogP contribution >= 0.6 is 11.6 Å². The van der Waals surface area contributed by atoms with Crippen LogP contribution in [0.15, 0.2) is 6.33 Å². The second-order valence-electron chi connectivity index (χ2n) is 3.61. The summed E-state index contributed by atoms with van der Waals surface area (Å²) in [5.41, 5.74) is 5.53. The van der Waals surface area contributed by atoms with Crippen LogP contribution in [-0.2, 0) is 4.79 Å². The molecular formula is C9H12ClN5O. The summed E-state index contributed by atoms with van der Waals surface area (Å²) in [5.74, 6) is 0.824. The number of carbonyl (C=O) groups excluding carboxylic acids is 1. The fourth-order valence-corrected chi connectivity index (χ4v) is 1.72. The number of hydrogen-bond donors (Lipinski definition) is 3. The molecule has 1 amide bonds. The van der Waals surface area contributed by atoms with Crippen LogP contribution in [0.5, 0.6) is 0 Å². The Kier molecular flexibility index (Phi) is 3.09. The van der Waals surface area contributed by atoms with Gasteiger partial charge in [0.1, 0.15) is 17.2 Å². The third-order valence-electron chi connectivity index (χ3n) is 2.42. The number of amides is 1. The zero-order valence-corrected chi connectivity index (χ0v) is 9.29. The lowest BCUT2D eigenvalue weighted by Crippen LogP contribution is -2.32. The summed E-state index contributed by atoms with van der Waals surface area (Å²) in [4.78, 5) is 18.7. The van der Waals surface area contributed by atoms with Crippen LogP contribution < -0.4 is 16.4 Å². The van der Waals surface area contributed by atoms with E-state index in [2.05, 4.69) is 20.6 Å². The molecule has 1 saturated heterocycles. The van der Waals surface area contributed by atoms with Crippen molar-refractivity contribution in [1.29, 1.82) is 0 Å². The molecule has 1 aliphatic rings. The molecule has 0 aromatic carbocycles. The van der Waals surface area contributed by atoms with Gasteiger partial charge in [0.15, 0.2) is 5.82 Å². The predicted octanol–water partition coefficient (Wildman–Crippen LogP) is 0.403. The van der Waals surface area contributed by atoms with E-state index >= 15 is 0 Å². The summed E-state index contributed by atoms with van der Waals surface area (Å²) in [7, 11) is 0. The summed E-state index contributed by atoms with van der Waals surface area (Å²) < 4.78 is 0. The van der Waals surface area contributed by atoms with Crippen molar-refractivity contribution in [2.45, 2.75) is 18.9 Å². The average molecular weight is 242 g/mol. The first kappa shape index (κ1) is 10.9. The van der Waals surface area contributed by atoms with Gasteiger partial charge in [-0.25, -0.2) is 9.97 Å². The Labute approximate surface area is 97.6 Å². The lowest BCUT2D eigenvalue weighted by molar-refractivity contribution is -0.119. The minimum absolute atomic E-state index is 0.0834. The number of aromatic nitrogens is 2. The molecule has 7 heteroatoms. The minimum atomic E-state index is 0.0834. The van der Waals surface area contributed by atoms with E-state index in [1.54, 1.807) is 0 Å². The van der Waals surface area contributed by atoms with Crippen LogP contribution in [0.2, 0.25) is 5.02 Å². The van der Waals surface area contributed by atoms with Gasteiger partial charge in [-0.05, 0) is 6.42 Å². The first-order chi connectivity index (χ1) is 7.66. The van der Waals surface area contributed by atoms with Gasteiger partial charge < -0.3 is 16.4 Å². The molecule has 2 rings (SSSR count). The number of halogens is 1. The summed E-state index contributed by atoms with van der Waals surface area (Å²) in [6.45, 7) is 0.585. The molecule has 16 heavy (non-hydrogen) atoms. The van der Waals surface area contributed by atoms with Gasteiger partial charge in [0, 0.05) is 19.0 Å². The third-order valence-corrected chi connectivity index (χ3v) is 2.79. The van der Waals surface area contributed by atoms with Crippen LogP contribution in [0.1, 0.15) is 12.8 Å². The zero-order chi connectivity index (χ0) is 11.5. The number of rotatable bonds is 3. The van der Waals surface area contributed by atoms with Crippen molar-refractivity contribution in [2.24, 2.45) is 0 Å². The number of hydrogen-bond acceptors (Lipinski definition) is 5. The summed E-state index contributed by atoms with van der Waals surface area (Å²) in [6, 6.07) is 0.125. The average Bonchev–Trinajstić information content (AvgIpc) is 2.67. The molecule has 86 valence electrons. The number of nitrogens with one attached hydrogen (secondary N) is 2. The fraction of sp³-hybridized carbons (Fsp3) is 0.444. The van der Waals surface area contributed by atoms with Crippen molar-refractivity contribution in [3.05, 3.63) is 11.3 Å². The van der Waals surface area contributed by atoms with E-state index in [1.165, 1.54) is 6.33 Å². The maximum atomic E-state index is 11.0. The van der Waals surface area contributed by atoms with Crippen molar-refractivity contribution in [3.63, 3.8) is 0 Å². The second kappa shape index (κ2) is 4.52. The Morgan fingerprint density at radius 1 is 1.62 bits per heavy atom. The number of nitrogens with two attached hydrogens (primary N) is 1. The van der Waals surface area contributed by atoms with Gasteiger partial charge in [0.25, 0.3) is 0 Å². The first-order valence-corrected chi connectivity index (χ1v) is 5.34. The van der Waals surface area contributed by atoms with Crippen LogP contribution in [-0.4, -0.2) is 28.5 Å². The van der Waals surface area contributed by atoms with E-state index in [9.17, 15) is 4.79 Å². The highest BCUT2D eigenvalue weighted by Gasteiger charge is 2.20. The quantitative estimate of drug-likeness (QED) is 0.713. The topological polar surface area (TPSA) is 92.9 Å². The lowest BCUT2D eigenvalue weighted by Gasteiger charge is -2.12. The van der Waals surface area contributed by atoms with Gasteiger partial charge in [0.2, 0.25) is 5.91 Å². The number of anilines is 2. The molecule has 1 aliphatic heterocycles. The van der Waals surface area contributed by atoms with Crippen molar-refractivity contribution in [3.8, 4) is 0 Å². The molecule has 1 aromatic heterocycles. The van der Waals surface area contributed by atoms with E-state index in [-0.39, 0.29) is 17.8 Å². The molecular weight excluding hydrogens is 230 g/mol. The molecule has 0 saturated carbocycles. The number of carbonyl (C=O) groups is 1. The molecule has 6 nitrogen and oxygen atoms in total. The fourth-order valence-electron chi connectivity index (χ4n) is 1.56. The molecule has 2 heterocycles. The Balaban J connectivity index is 1.94. The molecule has 0 aliphatic carbocycles. The van der Waals surface area contributed by atoms with Gasteiger partial charge in [-0.15, -0.1) is 0 Å². The van der Waals surface area contributed by atoms with Crippen molar-refractivity contribution in [2.75, 3.05) is 17.6 Å². The standard InChI is InChI=1S/C9H12ClN5O/c10-7-8(11)13-4-14-9(7)12-3-5-1-2-6(16)15-5/h4-5H,1-3H2,(H,15,16)(H3,11,12,13,14). The zero-order valence-electron chi connectivity index (χ0n) is 8.53. The number of nitrogens with zero attached hydrogens (tertiary/aromatic N) is 2. The smallest absolute Gasteiger partial charge is 0.220 e. The maximum Gasteiger partial charge on any atom is 0.220 e. The van der Waals surface area contributed by atoms with Crippen molar-refractivity contribution >= 4 is 29.1 Å². The maximum absolute atomic E-state index is 11.0. The third kappa shape index (κ3) is 2.33. The van der Waals surface area contributed by atoms with Crippen LogP contribution in [0.25, 0.3) is 0 Å². The van der Waals surface area contributed by atoms with Gasteiger partial charge >= 0.3 is 0 Å². The largest absolute Gasteiger partial charge is 0.382 e. The Morgan fingerprint density at radius 3 is 3.12 bits per heavy atom. The van der Waals surface area contributed by atoms with E-state index in [4.69, 9.17) is 17.3 Å². The molecule has 0 bridgehead atoms. The van der Waals surface area contributed by atoms with Gasteiger partial charge in [0.05, 0.1) is 0 Å². The second-order valence-corrected chi connectivity index (χ2v) is 3.98. The summed E-state index contributed by atoms with van der Waals surface area (Å²) in [6.07, 6.45) is 2.74. The van der Waals surface area contributed by atoms with E-state index < -0.39 is 0 Å². The Hall–Kier alpha value is -1.56. The molecule has 1 unspecified atom stereocenters. The summed E-state index contributed by atoms with van der Waals surface area (Å²) in [5, 5.41) is 6.19. The Bertz CT molecular complexity index is 411. The van der Waals surface area contributed by atoms with Gasteiger partial charge in [-0.1, -0.05) is 11.6 Å². The molecule has 4 N–H and O–H groups in total. The Morgan fingerprint density at radius 2 is 2.44 bits per heavy atom. The molecule has 1 aromatic rings.